The summed E-state index contributed by atoms with van der Waals surface area (Å²) in [4.78, 5) is 13.1. The minimum Gasteiger partial charge on any atom is -0.352 e. The Labute approximate surface area is 220 Å². The van der Waals surface area contributed by atoms with Crippen LogP contribution in [-0.4, -0.2) is 35.0 Å². The molecule has 1 amide bonds. The molecule has 0 saturated heterocycles. The minimum atomic E-state index is -3.74. The number of aryl methyl sites for hydroxylation is 3. The van der Waals surface area contributed by atoms with Crippen LogP contribution in [-0.2, 0) is 35.0 Å². The summed E-state index contributed by atoms with van der Waals surface area (Å²) in [7, 11) is -1.97. The standard InChI is InChI=1S/C29H38N4O3S/c1-21-10-12-24(13-11-21)18-30-29(34)27-16-14-26(15-17-27)20-33(19-25-8-6-5-7-9-25)37(35,36)28-22(2)31-32(4)23(28)3/h5-13,26-27H,14-20H2,1-4H3,(H,30,34). The SMILES string of the molecule is Cc1ccc(CNC(=O)C2CCC(CN(Cc3ccccc3)S(=O)(=O)c3c(C)nn(C)c3C)CC2)cc1. The number of hydrogen-bond donors (Lipinski definition) is 1. The minimum absolute atomic E-state index is 0.0244. The zero-order valence-electron chi connectivity index (χ0n) is 22.3. The van der Waals surface area contributed by atoms with Crippen LogP contribution in [0.2, 0.25) is 0 Å². The van der Waals surface area contributed by atoms with Crippen molar-refractivity contribution in [2.75, 3.05) is 6.54 Å². The van der Waals surface area contributed by atoms with E-state index in [9.17, 15) is 13.2 Å². The van der Waals surface area contributed by atoms with Crippen LogP contribution in [0, 0.1) is 32.6 Å². The van der Waals surface area contributed by atoms with E-state index < -0.39 is 10.0 Å². The fourth-order valence-corrected chi connectivity index (χ4v) is 7.13. The van der Waals surface area contributed by atoms with E-state index in [0.29, 0.717) is 35.9 Å². The maximum Gasteiger partial charge on any atom is 0.247 e. The number of carbonyl (C=O) groups excluding carboxylic acids is 1. The fourth-order valence-electron chi connectivity index (χ4n) is 5.23. The average molecular weight is 523 g/mol. The van der Waals surface area contributed by atoms with E-state index in [1.54, 1.807) is 29.9 Å². The van der Waals surface area contributed by atoms with E-state index >= 15 is 0 Å². The number of rotatable bonds is 9. The van der Waals surface area contributed by atoms with Gasteiger partial charge in [0.2, 0.25) is 15.9 Å². The number of carbonyl (C=O) groups is 1. The van der Waals surface area contributed by atoms with Gasteiger partial charge in [0.1, 0.15) is 4.90 Å². The van der Waals surface area contributed by atoms with Crippen LogP contribution in [0.15, 0.2) is 59.5 Å². The first-order valence-corrected chi connectivity index (χ1v) is 14.5. The number of amides is 1. The first kappa shape index (κ1) is 27.1. The molecule has 3 aromatic rings. The first-order valence-electron chi connectivity index (χ1n) is 13.0. The molecule has 0 bridgehead atoms. The highest BCUT2D eigenvalue weighted by Gasteiger charge is 2.34. The molecule has 37 heavy (non-hydrogen) atoms. The molecule has 1 saturated carbocycles. The third-order valence-electron chi connectivity index (χ3n) is 7.51. The predicted octanol–water partition coefficient (Wildman–Crippen LogP) is 4.66. The van der Waals surface area contributed by atoms with Crippen molar-refractivity contribution in [3.63, 3.8) is 0 Å². The Morgan fingerprint density at radius 1 is 0.973 bits per heavy atom. The molecule has 1 N–H and O–H groups in total. The van der Waals surface area contributed by atoms with Crippen LogP contribution in [0.1, 0.15) is 53.8 Å². The Kier molecular flexibility index (Phi) is 8.49. The third-order valence-corrected chi connectivity index (χ3v) is 9.57. The molecule has 1 aliphatic rings. The average Bonchev–Trinajstić information content (AvgIpc) is 3.15. The van der Waals surface area contributed by atoms with Gasteiger partial charge in [-0.25, -0.2) is 8.42 Å². The Morgan fingerprint density at radius 2 is 1.62 bits per heavy atom. The summed E-state index contributed by atoms with van der Waals surface area (Å²) in [6.45, 7) is 6.88. The second kappa shape index (κ2) is 11.6. The van der Waals surface area contributed by atoms with E-state index in [4.69, 9.17) is 0 Å². The Bertz CT molecular complexity index is 1310. The van der Waals surface area contributed by atoms with Gasteiger partial charge in [-0.15, -0.1) is 0 Å². The summed E-state index contributed by atoms with van der Waals surface area (Å²) >= 11 is 0. The van der Waals surface area contributed by atoms with Crippen molar-refractivity contribution in [1.82, 2.24) is 19.4 Å². The van der Waals surface area contributed by atoms with Gasteiger partial charge < -0.3 is 5.32 Å². The monoisotopic (exact) mass is 522 g/mol. The lowest BCUT2D eigenvalue weighted by Gasteiger charge is -2.32. The fraction of sp³-hybridized carbons (Fsp3) is 0.448. The van der Waals surface area contributed by atoms with Crippen LogP contribution in [0.25, 0.3) is 0 Å². The molecule has 1 fully saturated rings. The van der Waals surface area contributed by atoms with Crippen LogP contribution >= 0.6 is 0 Å². The highest BCUT2D eigenvalue weighted by Crippen LogP contribution is 2.32. The van der Waals surface area contributed by atoms with Crippen molar-refractivity contribution in [2.45, 2.75) is 64.4 Å². The van der Waals surface area contributed by atoms with Crippen molar-refractivity contribution in [2.24, 2.45) is 18.9 Å². The van der Waals surface area contributed by atoms with Crippen molar-refractivity contribution in [3.05, 3.63) is 82.7 Å². The van der Waals surface area contributed by atoms with E-state index in [1.807, 2.05) is 49.4 Å². The van der Waals surface area contributed by atoms with Gasteiger partial charge in [0.25, 0.3) is 0 Å². The molecular formula is C29H38N4O3S. The van der Waals surface area contributed by atoms with E-state index in [-0.39, 0.29) is 17.7 Å². The summed E-state index contributed by atoms with van der Waals surface area (Å²) in [6.07, 6.45) is 3.20. The van der Waals surface area contributed by atoms with Gasteiger partial charge >= 0.3 is 0 Å². The van der Waals surface area contributed by atoms with Gasteiger partial charge in [-0.2, -0.15) is 9.40 Å². The van der Waals surface area contributed by atoms with Crippen LogP contribution in [0.4, 0.5) is 0 Å². The second-order valence-corrected chi connectivity index (χ2v) is 12.2. The number of sulfonamides is 1. The van der Waals surface area contributed by atoms with E-state index in [1.165, 1.54) is 5.56 Å². The Morgan fingerprint density at radius 3 is 2.22 bits per heavy atom. The molecule has 0 radical (unpaired) electrons. The number of nitrogens with zero attached hydrogens (tertiary/aromatic N) is 3. The van der Waals surface area contributed by atoms with Gasteiger partial charge in [-0.1, -0.05) is 60.2 Å². The van der Waals surface area contributed by atoms with Crippen LogP contribution in [0.3, 0.4) is 0 Å². The molecule has 0 atom stereocenters. The maximum atomic E-state index is 13.9. The predicted molar refractivity (Wildman–Crippen MR) is 145 cm³/mol. The summed E-state index contributed by atoms with van der Waals surface area (Å²) in [6, 6.07) is 17.9. The molecule has 4 rings (SSSR count). The maximum absolute atomic E-state index is 13.9. The van der Waals surface area contributed by atoms with Gasteiger partial charge in [-0.3, -0.25) is 9.48 Å². The molecule has 0 aliphatic heterocycles. The molecule has 1 heterocycles. The third kappa shape index (κ3) is 6.48. The summed E-state index contributed by atoms with van der Waals surface area (Å²) in [5, 5.41) is 7.43. The number of aromatic nitrogens is 2. The second-order valence-electron chi connectivity index (χ2n) is 10.3. The lowest BCUT2D eigenvalue weighted by Crippen LogP contribution is -2.38. The molecule has 2 aromatic carbocycles. The zero-order chi connectivity index (χ0) is 26.6. The van der Waals surface area contributed by atoms with Crippen molar-refractivity contribution in [1.29, 1.82) is 0 Å². The number of benzene rings is 2. The molecule has 1 aromatic heterocycles. The zero-order valence-corrected chi connectivity index (χ0v) is 23.1. The first-order chi connectivity index (χ1) is 17.6. The summed E-state index contributed by atoms with van der Waals surface area (Å²) in [5.74, 6) is 0.273. The normalized spacial score (nSPS) is 18.2. The lowest BCUT2D eigenvalue weighted by molar-refractivity contribution is -0.126. The van der Waals surface area contributed by atoms with Crippen molar-refractivity contribution < 1.29 is 13.2 Å². The Balaban J connectivity index is 1.42. The molecule has 0 unspecified atom stereocenters. The largest absolute Gasteiger partial charge is 0.352 e. The topological polar surface area (TPSA) is 84.3 Å². The summed E-state index contributed by atoms with van der Waals surface area (Å²) in [5.41, 5.74) is 4.41. The van der Waals surface area contributed by atoms with Gasteiger partial charge in [0.05, 0.1) is 11.4 Å². The van der Waals surface area contributed by atoms with Crippen molar-refractivity contribution >= 4 is 15.9 Å². The van der Waals surface area contributed by atoms with E-state index in [0.717, 1.165) is 36.8 Å². The van der Waals surface area contributed by atoms with Gasteiger partial charge in [-0.05, 0) is 63.5 Å². The summed E-state index contributed by atoms with van der Waals surface area (Å²) < 4.78 is 31.0. The lowest BCUT2D eigenvalue weighted by atomic mass is 9.81. The van der Waals surface area contributed by atoms with E-state index in [2.05, 4.69) is 22.5 Å². The molecule has 0 spiro atoms. The quantitative estimate of drug-likeness (QED) is 0.443. The molecular weight excluding hydrogens is 484 g/mol. The Hall–Kier alpha value is -2.97. The van der Waals surface area contributed by atoms with Crippen LogP contribution < -0.4 is 5.32 Å². The number of hydrogen-bond acceptors (Lipinski definition) is 4. The highest BCUT2D eigenvalue weighted by atomic mass is 32.2. The van der Waals surface area contributed by atoms with Crippen molar-refractivity contribution in [3.8, 4) is 0 Å². The smallest absolute Gasteiger partial charge is 0.247 e. The molecule has 1 aliphatic carbocycles. The van der Waals surface area contributed by atoms with Gasteiger partial charge in [0, 0.05) is 32.6 Å². The highest BCUT2D eigenvalue weighted by molar-refractivity contribution is 7.89. The number of nitrogens with one attached hydrogen (secondary N) is 1. The van der Waals surface area contributed by atoms with Crippen LogP contribution in [0.5, 0.6) is 0 Å². The molecule has 7 nitrogen and oxygen atoms in total. The molecule has 198 valence electrons. The van der Waals surface area contributed by atoms with Gasteiger partial charge in [0.15, 0.2) is 0 Å². The molecule has 8 heteroatoms.